The van der Waals surface area contributed by atoms with Gasteiger partial charge in [0.25, 0.3) is 0 Å². The van der Waals surface area contributed by atoms with E-state index in [9.17, 15) is 10.2 Å². The quantitative estimate of drug-likeness (QED) is 0.153. The summed E-state index contributed by atoms with van der Waals surface area (Å²) in [6.07, 6.45) is 0. The molecule has 0 atom stereocenters. The molecule has 8 aromatic rings. The first kappa shape index (κ1) is 36.5. The van der Waals surface area contributed by atoms with E-state index in [2.05, 4.69) is 48.5 Å². The molecular weight excluding hydrogens is 684 g/mol. The van der Waals surface area contributed by atoms with Crippen molar-refractivity contribution in [3.8, 4) is 56.0 Å². The number of aromatic hydroxyl groups is 2. The molecule has 5 heteroatoms. The molecule has 0 spiro atoms. The number of phenolic OH excluding ortho intramolecular Hbond substituents is 2. The molecule has 0 heterocycles. The zero-order valence-corrected chi connectivity index (χ0v) is 30.5. The summed E-state index contributed by atoms with van der Waals surface area (Å²) in [5.41, 5.74) is 11.5. The fourth-order valence-electron chi connectivity index (χ4n) is 6.00. The van der Waals surface area contributed by atoms with Crippen molar-refractivity contribution >= 4 is 22.7 Å². The van der Waals surface area contributed by atoms with Gasteiger partial charge in [0, 0.05) is 11.1 Å². The molecule has 0 radical (unpaired) electrons. The number of hydrogen-bond donors (Lipinski definition) is 2. The molecule has 254 valence electrons. The summed E-state index contributed by atoms with van der Waals surface area (Å²) < 4.78 is 0. The fraction of sp³-hybridized carbons (Fsp3) is 0. The summed E-state index contributed by atoms with van der Waals surface area (Å²) in [6, 6.07) is 67.4. The van der Waals surface area contributed by atoms with Crippen molar-refractivity contribution < 1.29 is 31.9 Å². The maximum Gasteiger partial charge on any atom is 2.00 e. The predicted octanol–water partition coefficient (Wildman–Crippen LogP) is 14.1. The molecule has 2 N–H and O–H groups in total. The Hall–Kier alpha value is -6.33. The molecule has 8 rings (SSSR count). The molecule has 0 saturated heterocycles. The van der Waals surface area contributed by atoms with Gasteiger partial charge in [0.1, 0.15) is 11.5 Å². The molecule has 0 aliphatic rings. The van der Waals surface area contributed by atoms with Crippen LogP contribution >= 0.6 is 0 Å². The van der Waals surface area contributed by atoms with E-state index in [1.54, 1.807) is 12.1 Å². The van der Waals surface area contributed by atoms with E-state index in [0.29, 0.717) is 0 Å². The van der Waals surface area contributed by atoms with Gasteiger partial charge >= 0.3 is 21.7 Å². The van der Waals surface area contributed by atoms with Crippen molar-refractivity contribution in [2.75, 3.05) is 0 Å². The minimum atomic E-state index is 0. The second kappa shape index (κ2) is 17.7. The van der Waals surface area contributed by atoms with E-state index in [4.69, 9.17) is 10.6 Å². The van der Waals surface area contributed by atoms with Crippen LogP contribution in [0.25, 0.3) is 55.1 Å². The maximum atomic E-state index is 10.2. The number of benzene rings is 8. The Bertz CT molecular complexity index is 2190. The van der Waals surface area contributed by atoms with Gasteiger partial charge in [0.05, 0.1) is 0 Å². The van der Waals surface area contributed by atoms with E-state index in [-0.39, 0.29) is 33.2 Å². The van der Waals surface area contributed by atoms with Crippen molar-refractivity contribution in [2.45, 2.75) is 0 Å². The van der Waals surface area contributed by atoms with Crippen LogP contribution < -0.4 is 0 Å². The number of rotatable bonds is 8. The predicted molar refractivity (Wildman–Crippen MR) is 216 cm³/mol. The largest absolute Gasteiger partial charge is 2.00 e. The van der Waals surface area contributed by atoms with Crippen molar-refractivity contribution in [3.05, 3.63) is 217 Å². The maximum absolute atomic E-state index is 10.2. The monoisotopic (exact) mass is 720 g/mol. The van der Waals surface area contributed by atoms with Crippen molar-refractivity contribution in [1.82, 2.24) is 0 Å². The van der Waals surface area contributed by atoms with Crippen LogP contribution in [0.2, 0.25) is 0 Å². The number of nitrogens with zero attached hydrogens (tertiary/aromatic N) is 2. The third-order valence-corrected chi connectivity index (χ3v) is 8.64. The minimum Gasteiger partial charge on any atom is -0.657 e. The molecule has 0 aromatic heterocycles. The van der Waals surface area contributed by atoms with Crippen molar-refractivity contribution in [2.24, 2.45) is 0 Å². The normalized spacial score (nSPS) is 10.3. The Morgan fingerprint density at radius 1 is 0.264 bits per heavy atom. The summed E-state index contributed by atoms with van der Waals surface area (Å²) in [4.78, 5) is 0. The summed E-state index contributed by atoms with van der Waals surface area (Å²) in [6.45, 7) is 0. The van der Waals surface area contributed by atoms with Gasteiger partial charge in [-0.2, -0.15) is 0 Å². The molecule has 0 saturated carbocycles. The number of hydrogen-bond acceptors (Lipinski definition) is 2. The van der Waals surface area contributed by atoms with Gasteiger partial charge in [-0.15, -0.1) is 22.7 Å². The summed E-state index contributed by atoms with van der Waals surface area (Å²) in [5, 5.41) is 29.9. The Kier molecular flexibility index (Phi) is 12.2. The third-order valence-electron chi connectivity index (χ3n) is 8.64. The third kappa shape index (κ3) is 9.13. The van der Waals surface area contributed by atoms with Crippen LogP contribution in [0.4, 0.5) is 22.7 Å². The molecule has 8 aromatic carbocycles. The minimum absolute atomic E-state index is 0. The molecular formula is C48H36N2O2Ti. The smallest absolute Gasteiger partial charge is 0.657 e. The average Bonchev–Trinajstić information content (AvgIpc) is 3.20. The van der Waals surface area contributed by atoms with Crippen LogP contribution in [0.5, 0.6) is 11.5 Å². The van der Waals surface area contributed by atoms with E-state index in [1.807, 2.05) is 146 Å². The zero-order valence-electron chi connectivity index (χ0n) is 28.9. The number of phenols is 2. The van der Waals surface area contributed by atoms with Gasteiger partial charge in [0.15, 0.2) is 0 Å². The SMILES string of the molecule is Oc1ccccc1-c1ccccc1[N-]c1ccc(-c2ccccc2)cc1.Oc1ccccc1-c1ccccc1[N-]c1ccc(-c2ccccc2)cc1.[Ti+2]. The topological polar surface area (TPSA) is 68.7 Å². The first-order chi connectivity index (χ1) is 25.6. The standard InChI is InChI=1S/2C24H18NO.Ti/c2*26-24-13-7-5-11-22(24)21-10-4-6-12-23(21)25-20-16-14-19(15-17-20)18-8-2-1-3-9-18;/h2*1-17,26H;/q2*-1;+2. The fourth-order valence-corrected chi connectivity index (χ4v) is 6.00. The van der Waals surface area contributed by atoms with E-state index in [1.165, 1.54) is 22.3 Å². The van der Waals surface area contributed by atoms with Crippen LogP contribution in [0, 0.1) is 0 Å². The van der Waals surface area contributed by atoms with Gasteiger partial charge in [0.2, 0.25) is 0 Å². The molecule has 4 nitrogen and oxygen atoms in total. The second-order valence-corrected chi connectivity index (χ2v) is 12.1. The van der Waals surface area contributed by atoms with E-state index >= 15 is 0 Å². The molecule has 0 bridgehead atoms. The van der Waals surface area contributed by atoms with Gasteiger partial charge in [-0.05, 0) is 45.5 Å². The first-order valence-corrected chi connectivity index (χ1v) is 17.1. The van der Waals surface area contributed by atoms with Gasteiger partial charge in [-0.25, -0.2) is 0 Å². The van der Waals surface area contributed by atoms with Crippen LogP contribution in [-0.2, 0) is 21.7 Å². The Morgan fingerprint density at radius 3 is 0.906 bits per heavy atom. The molecule has 0 aliphatic carbocycles. The van der Waals surface area contributed by atoms with Crippen molar-refractivity contribution in [3.63, 3.8) is 0 Å². The zero-order chi connectivity index (χ0) is 35.5. The first-order valence-electron chi connectivity index (χ1n) is 17.1. The second-order valence-electron chi connectivity index (χ2n) is 12.1. The summed E-state index contributed by atoms with van der Waals surface area (Å²) >= 11 is 0. The summed E-state index contributed by atoms with van der Waals surface area (Å²) in [5.74, 6) is 0.518. The van der Waals surface area contributed by atoms with E-state index in [0.717, 1.165) is 45.0 Å². The summed E-state index contributed by atoms with van der Waals surface area (Å²) in [7, 11) is 0. The molecule has 0 unspecified atom stereocenters. The molecule has 0 aliphatic heterocycles. The van der Waals surface area contributed by atoms with Crippen LogP contribution in [-0.4, -0.2) is 10.2 Å². The number of para-hydroxylation sites is 4. The Labute approximate surface area is 326 Å². The average molecular weight is 721 g/mol. The van der Waals surface area contributed by atoms with Crippen LogP contribution in [0.3, 0.4) is 0 Å². The molecule has 0 fully saturated rings. The molecule has 53 heavy (non-hydrogen) atoms. The molecule has 0 amide bonds. The van der Waals surface area contributed by atoms with Crippen molar-refractivity contribution in [1.29, 1.82) is 0 Å². The Morgan fingerprint density at radius 2 is 0.547 bits per heavy atom. The van der Waals surface area contributed by atoms with Gasteiger partial charge in [-0.3, -0.25) is 0 Å². The van der Waals surface area contributed by atoms with Crippen LogP contribution in [0.1, 0.15) is 0 Å². The van der Waals surface area contributed by atoms with Gasteiger partial charge in [-0.1, -0.05) is 194 Å². The van der Waals surface area contributed by atoms with E-state index < -0.39 is 0 Å². The van der Waals surface area contributed by atoms with Crippen LogP contribution in [0.15, 0.2) is 206 Å². The van der Waals surface area contributed by atoms with Gasteiger partial charge < -0.3 is 20.8 Å². The Balaban J connectivity index is 0.000000178.